The van der Waals surface area contributed by atoms with Gasteiger partial charge in [0.25, 0.3) is 0 Å². The van der Waals surface area contributed by atoms with Crippen LogP contribution >= 0.6 is 0 Å². The van der Waals surface area contributed by atoms with Crippen molar-refractivity contribution in [3.8, 4) is 22.6 Å². The Morgan fingerprint density at radius 1 is 1.00 bits per heavy atom. The van der Waals surface area contributed by atoms with Gasteiger partial charge in [0.05, 0.1) is 29.6 Å². The molecule has 0 unspecified atom stereocenters. The van der Waals surface area contributed by atoms with E-state index in [4.69, 9.17) is 14.5 Å². The summed E-state index contributed by atoms with van der Waals surface area (Å²) in [6.45, 7) is 9.76. The molecule has 2 heterocycles. The number of hydrogen-bond acceptors (Lipinski definition) is 5. The van der Waals surface area contributed by atoms with Crippen LogP contribution in [0.25, 0.3) is 11.1 Å². The number of carboxylic acids is 1. The third-order valence-corrected chi connectivity index (χ3v) is 6.93. The van der Waals surface area contributed by atoms with E-state index in [1.165, 1.54) is 12.5 Å². The van der Waals surface area contributed by atoms with Gasteiger partial charge < -0.3 is 19.9 Å². The van der Waals surface area contributed by atoms with Gasteiger partial charge in [-0.3, -0.25) is 9.79 Å². The Morgan fingerprint density at radius 3 is 2.39 bits per heavy atom. The van der Waals surface area contributed by atoms with Gasteiger partial charge in [-0.15, -0.1) is 0 Å². The molecule has 2 N–H and O–H groups in total. The number of carbonyl (C=O) groups is 2. The molecule has 0 fully saturated rings. The molecule has 0 saturated heterocycles. The van der Waals surface area contributed by atoms with Crippen molar-refractivity contribution in [3.05, 3.63) is 76.3 Å². The number of aliphatic imine (C=N–C) groups is 1. The van der Waals surface area contributed by atoms with Gasteiger partial charge >= 0.3 is 5.97 Å². The van der Waals surface area contributed by atoms with E-state index < -0.39 is 5.97 Å². The molecule has 3 aromatic carbocycles. The van der Waals surface area contributed by atoms with Gasteiger partial charge in [-0.05, 0) is 75.1 Å². The zero-order valence-electron chi connectivity index (χ0n) is 22.6. The van der Waals surface area contributed by atoms with Crippen LogP contribution in [0.15, 0.2) is 53.5 Å². The molecule has 0 bridgehead atoms. The van der Waals surface area contributed by atoms with Crippen molar-refractivity contribution in [1.82, 2.24) is 0 Å². The fourth-order valence-corrected chi connectivity index (χ4v) is 5.48. The van der Waals surface area contributed by atoms with Crippen LogP contribution in [-0.2, 0) is 17.6 Å². The number of rotatable bonds is 5. The van der Waals surface area contributed by atoms with Crippen LogP contribution in [-0.4, -0.2) is 40.9 Å². The Morgan fingerprint density at radius 2 is 1.71 bits per heavy atom. The lowest BCUT2D eigenvalue weighted by molar-refractivity contribution is -0.114. The molecule has 0 aliphatic carbocycles. The normalized spacial score (nSPS) is 16.5. The monoisotopic (exact) mass is 512 g/mol. The minimum atomic E-state index is -1.11. The zero-order chi connectivity index (χ0) is 27.4. The first-order chi connectivity index (χ1) is 17.9. The number of ether oxygens (including phenoxy) is 2. The number of methoxy groups -OCH3 is 1. The number of nitrogens with zero attached hydrogens (tertiary/aromatic N) is 1. The highest BCUT2D eigenvalue weighted by molar-refractivity contribution is 6.16. The first-order valence-electron chi connectivity index (χ1n) is 12.7. The summed E-state index contributed by atoms with van der Waals surface area (Å²) in [7, 11) is 1.67. The molecule has 0 atom stereocenters. The molecule has 0 saturated carbocycles. The van der Waals surface area contributed by atoms with E-state index in [9.17, 15) is 14.7 Å². The highest BCUT2D eigenvalue weighted by Gasteiger charge is 2.39. The topological polar surface area (TPSA) is 97.2 Å². The predicted molar refractivity (Wildman–Crippen MR) is 148 cm³/mol. The van der Waals surface area contributed by atoms with Crippen molar-refractivity contribution in [1.29, 1.82) is 0 Å². The first-order valence-corrected chi connectivity index (χ1v) is 12.7. The molecule has 0 radical (unpaired) electrons. The summed E-state index contributed by atoms with van der Waals surface area (Å²) in [4.78, 5) is 28.7. The van der Waals surface area contributed by atoms with E-state index in [1.54, 1.807) is 19.2 Å². The van der Waals surface area contributed by atoms with Crippen LogP contribution in [0.3, 0.4) is 0 Å². The van der Waals surface area contributed by atoms with Gasteiger partial charge in [-0.25, -0.2) is 4.79 Å². The van der Waals surface area contributed by atoms with E-state index in [0.717, 1.165) is 57.9 Å². The maximum atomic E-state index is 11.9. The Balaban J connectivity index is 1.65. The van der Waals surface area contributed by atoms with E-state index in [-0.39, 0.29) is 28.3 Å². The minimum Gasteiger partial charge on any atom is -0.493 e. The van der Waals surface area contributed by atoms with Crippen molar-refractivity contribution >= 4 is 23.3 Å². The number of amides is 1. The van der Waals surface area contributed by atoms with Crippen LogP contribution in [0.4, 0.5) is 5.69 Å². The number of carboxylic acid groups (broad SMARTS) is 1. The summed E-state index contributed by atoms with van der Waals surface area (Å²) in [5.74, 6) is 0.0939. The molecule has 2 aliphatic rings. The molecule has 196 valence electrons. The number of fused-ring (bicyclic) bond motifs is 3. The van der Waals surface area contributed by atoms with Gasteiger partial charge in [0.2, 0.25) is 5.91 Å². The number of anilines is 1. The summed E-state index contributed by atoms with van der Waals surface area (Å²) in [5, 5.41) is 12.4. The van der Waals surface area contributed by atoms with E-state index in [1.807, 2.05) is 30.3 Å². The van der Waals surface area contributed by atoms with E-state index >= 15 is 0 Å². The predicted octanol–water partition coefficient (Wildman–Crippen LogP) is 5.90. The number of carbonyl (C=O) groups excluding carboxylic acids is 1. The van der Waals surface area contributed by atoms with Crippen LogP contribution < -0.4 is 14.8 Å². The van der Waals surface area contributed by atoms with Crippen molar-refractivity contribution in [2.75, 3.05) is 12.4 Å². The Bertz CT molecular complexity index is 1520. The minimum absolute atomic E-state index is 0.0360. The van der Waals surface area contributed by atoms with E-state index in [2.05, 4.69) is 39.1 Å². The molecular weight excluding hydrogens is 480 g/mol. The van der Waals surface area contributed by atoms with Crippen molar-refractivity contribution < 1.29 is 24.2 Å². The second-order valence-electron chi connectivity index (χ2n) is 11.2. The zero-order valence-corrected chi connectivity index (χ0v) is 22.6. The van der Waals surface area contributed by atoms with Crippen molar-refractivity contribution in [2.45, 2.75) is 58.6 Å². The molecule has 7 heteroatoms. The smallest absolute Gasteiger partial charge is 0.337 e. The summed E-state index contributed by atoms with van der Waals surface area (Å²) < 4.78 is 12.0. The third kappa shape index (κ3) is 4.64. The molecule has 2 aliphatic heterocycles. The Hall–Kier alpha value is -4.13. The standard InChI is InChI=1S/C31H32N2O5/c1-17(34)32-24-11-10-19(13-22(24)29(35)36)18-8-7-9-20(12-18)27-26-21(15-30(2,3)33-27)14-25(37-6)28-23(26)16-31(4,5)38-28/h7-14H,15-16H2,1-6H3,(H,32,34)(H,35,36). The molecular formula is C31H32N2O5. The average molecular weight is 513 g/mol. The van der Waals surface area contributed by atoms with E-state index in [0.29, 0.717) is 0 Å². The summed E-state index contributed by atoms with van der Waals surface area (Å²) in [5.41, 5.74) is 6.44. The van der Waals surface area contributed by atoms with Gasteiger partial charge in [-0.1, -0.05) is 24.3 Å². The van der Waals surface area contributed by atoms with Gasteiger partial charge in [0.1, 0.15) is 5.60 Å². The second-order valence-corrected chi connectivity index (χ2v) is 11.2. The lowest BCUT2D eigenvalue weighted by atomic mass is 9.80. The van der Waals surface area contributed by atoms with Crippen LogP contribution in [0, 0.1) is 0 Å². The fraction of sp³-hybridized carbons (Fsp3) is 0.323. The lowest BCUT2D eigenvalue weighted by Crippen LogP contribution is -2.30. The van der Waals surface area contributed by atoms with Gasteiger partial charge in [0, 0.05) is 30.0 Å². The maximum Gasteiger partial charge on any atom is 0.337 e. The SMILES string of the molecule is COc1cc2c(c3c1OC(C)(C)C3)C(c1cccc(-c3ccc(NC(C)=O)c(C(=O)O)c3)c1)=NC(C)(C)C2. The number of benzene rings is 3. The first kappa shape index (κ1) is 25.5. The fourth-order valence-electron chi connectivity index (χ4n) is 5.48. The van der Waals surface area contributed by atoms with Crippen LogP contribution in [0.5, 0.6) is 11.5 Å². The third-order valence-electron chi connectivity index (χ3n) is 6.93. The quantitative estimate of drug-likeness (QED) is 0.443. The Labute approximate surface area is 222 Å². The van der Waals surface area contributed by atoms with Gasteiger partial charge in [-0.2, -0.15) is 0 Å². The summed E-state index contributed by atoms with van der Waals surface area (Å²) >= 11 is 0. The molecule has 0 spiro atoms. The lowest BCUT2D eigenvalue weighted by Gasteiger charge is -2.31. The summed E-state index contributed by atoms with van der Waals surface area (Å²) in [6, 6.07) is 15.1. The molecule has 7 nitrogen and oxygen atoms in total. The Kier molecular flexibility index (Phi) is 6.05. The second kappa shape index (κ2) is 9.01. The largest absolute Gasteiger partial charge is 0.493 e. The average Bonchev–Trinajstić information content (AvgIpc) is 3.17. The molecule has 1 amide bonds. The van der Waals surface area contributed by atoms with Gasteiger partial charge in [0.15, 0.2) is 11.5 Å². The number of nitrogens with one attached hydrogen (secondary N) is 1. The van der Waals surface area contributed by atoms with Crippen LogP contribution in [0.1, 0.15) is 67.2 Å². The molecule has 5 rings (SSSR count). The van der Waals surface area contributed by atoms with Crippen molar-refractivity contribution in [3.63, 3.8) is 0 Å². The maximum absolute atomic E-state index is 11.9. The van der Waals surface area contributed by atoms with Crippen molar-refractivity contribution in [2.24, 2.45) is 4.99 Å². The molecule has 3 aromatic rings. The highest BCUT2D eigenvalue weighted by atomic mass is 16.5. The highest BCUT2D eigenvalue weighted by Crippen LogP contribution is 2.48. The number of hydrogen-bond donors (Lipinski definition) is 2. The molecule has 0 aromatic heterocycles. The molecule has 38 heavy (non-hydrogen) atoms. The summed E-state index contributed by atoms with van der Waals surface area (Å²) in [6.07, 6.45) is 1.52. The van der Waals surface area contributed by atoms with Crippen LogP contribution in [0.2, 0.25) is 0 Å². The number of aromatic carboxylic acids is 1.